The second-order valence-corrected chi connectivity index (χ2v) is 5.57. The van der Waals surface area contributed by atoms with Gasteiger partial charge in [-0.3, -0.25) is 9.59 Å². The molecule has 1 aliphatic carbocycles. The Kier molecular flexibility index (Phi) is 4.77. The molecule has 1 fully saturated rings. The van der Waals surface area contributed by atoms with Crippen molar-refractivity contribution in [1.29, 1.82) is 0 Å². The van der Waals surface area contributed by atoms with Crippen LogP contribution in [-0.2, 0) is 4.79 Å². The summed E-state index contributed by atoms with van der Waals surface area (Å²) < 4.78 is 5.05. The van der Waals surface area contributed by atoms with Crippen molar-refractivity contribution in [3.63, 3.8) is 0 Å². The number of nitrogens with two attached hydrogens (primary N) is 1. The molecule has 1 aliphatic rings. The lowest BCUT2D eigenvalue weighted by Gasteiger charge is -2.13. The highest BCUT2D eigenvalue weighted by molar-refractivity contribution is 6.03. The van der Waals surface area contributed by atoms with Crippen molar-refractivity contribution < 1.29 is 14.0 Å². The smallest absolute Gasteiger partial charge is 0.291 e. The van der Waals surface area contributed by atoms with E-state index in [4.69, 9.17) is 10.2 Å². The molecule has 0 aliphatic heterocycles. The summed E-state index contributed by atoms with van der Waals surface area (Å²) in [5.74, 6) is -0.237. The van der Waals surface area contributed by atoms with E-state index in [9.17, 15) is 9.59 Å². The molecular weight excluding hydrogens is 318 g/mol. The van der Waals surface area contributed by atoms with Crippen LogP contribution in [0, 0.1) is 6.92 Å². The van der Waals surface area contributed by atoms with E-state index in [1.807, 2.05) is 6.92 Å². The van der Waals surface area contributed by atoms with Crippen LogP contribution in [-0.4, -0.2) is 17.4 Å². The van der Waals surface area contributed by atoms with Crippen LogP contribution in [0.5, 0.6) is 0 Å². The van der Waals surface area contributed by atoms with E-state index in [1.165, 1.54) is 6.26 Å². The number of amides is 2. The van der Waals surface area contributed by atoms with E-state index < -0.39 is 5.54 Å². The fraction of sp³-hybridized carbons (Fsp3) is 0.250. The highest BCUT2D eigenvalue weighted by Gasteiger charge is 2.45. The number of nitrogens with one attached hydrogen (secondary N) is 2. The first kappa shape index (κ1) is 17.1. The third-order valence-corrected chi connectivity index (χ3v) is 3.72. The summed E-state index contributed by atoms with van der Waals surface area (Å²) in [5, 5.41) is 5.56. The molecule has 1 heterocycles. The quantitative estimate of drug-likeness (QED) is 0.800. The van der Waals surface area contributed by atoms with E-state index in [-0.39, 0.29) is 30.0 Å². The van der Waals surface area contributed by atoms with Gasteiger partial charge in [-0.2, -0.15) is 0 Å². The molecule has 1 aromatic heterocycles. The Morgan fingerprint density at radius 3 is 2.52 bits per heavy atom. The van der Waals surface area contributed by atoms with Gasteiger partial charge >= 0.3 is 0 Å². The molecule has 4 N–H and O–H groups in total. The number of hydrogen-bond donors (Lipinski definition) is 3. The van der Waals surface area contributed by atoms with Crippen LogP contribution in [0.1, 0.15) is 29.0 Å². The predicted octanol–water partition coefficient (Wildman–Crippen LogP) is 2.69. The zero-order chi connectivity index (χ0) is 15.7. The molecule has 1 saturated carbocycles. The zero-order valence-corrected chi connectivity index (χ0v) is 13.4. The van der Waals surface area contributed by atoms with Crippen molar-refractivity contribution >= 4 is 35.6 Å². The summed E-state index contributed by atoms with van der Waals surface area (Å²) in [6.07, 6.45) is 2.88. The number of aryl methyl sites for hydroxylation is 1. The lowest BCUT2D eigenvalue weighted by Crippen LogP contribution is -2.37. The maximum atomic E-state index is 11.9. The fourth-order valence-electron chi connectivity index (χ4n) is 2.09. The molecule has 23 heavy (non-hydrogen) atoms. The van der Waals surface area contributed by atoms with Crippen LogP contribution in [0.4, 0.5) is 11.4 Å². The third kappa shape index (κ3) is 3.72. The Morgan fingerprint density at radius 2 is 1.96 bits per heavy atom. The summed E-state index contributed by atoms with van der Waals surface area (Å²) in [6.45, 7) is 1.85. The molecule has 0 radical (unpaired) electrons. The molecule has 0 unspecified atom stereocenters. The molecule has 0 bridgehead atoms. The lowest BCUT2D eigenvalue weighted by atomic mass is 10.1. The number of furan rings is 1. The van der Waals surface area contributed by atoms with Crippen LogP contribution in [0.25, 0.3) is 0 Å². The fourth-order valence-corrected chi connectivity index (χ4v) is 2.09. The molecule has 3 rings (SSSR count). The lowest BCUT2D eigenvalue weighted by molar-refractivity contribution is -0.118. The van der Waals surface area contributed by atoms with Crippen molar-refractivity contribution in [2.75, 3.05) is 10.6 Å². The molecule has 0 saturated heterocycles. The van der Waals surface area contributed by atoms with E-state index >= 15 is 0 Å². The average molecular weight is 336 g/mol. The molecule has 1 aromatic carbocycles. The van der Waals surface area contributed by atoms with Gasteiger partial charge in [-0.1, -0.05) is 0 Å². The van der Waals surface area contributed by atoms with Crippen molar-refractivity contribution in [3.8, 4) is 0 Å². The summed E-state index contributed by atoms with van der Waals surface area (Å²) in [6, 6.07) is 8.51. The summed E-state index contributed by atoms with van der Waals surface area (Å²) >= 11 is 0. The molecule has 2 amide bonds. The Labute approximate surface area is 139 Å². The van der Waals surface area contributed by atoms with Crippen LogP contribution in [0.15, 0.2) is 41.0 Å². The molecular formula is C16H18ClN3O3. The summed E-state index contributed by atoms with van der Waals surface area (Å²) in [4.78, 5) is 23.8. The molecule has 0 atom stereocenters. The Morgan fingerprint density at radius 1 is 1.22 bits per heavy atom. The first-order chi connectivity index (χ1) is 10.5. The van der Waals surface area contributed by atoms with Crippen LogP contribution < -0.4 is 16.4 Å². The number of benzene rings is 1. The minimum absolute atomic E-state index is 0. The van der Waals surface area contributed by atoms with Crippen molar-refractivity contribution in [1.82, 2.24) is 0 Å². The van der Waals surface area contributed by atoms with Gasteiger partial charge in [0.25, 0.3) is 5.91 Å². The summed E-state index contributed by atoms with van der Waals surface area (Å²) in [7, 11) is 0. The highest BCUT2D eigenvalue weighted by Crippen LogP contribution is 2.33. The number of anilines is 2. The minimum atomic E-state index is -0.708. The largest absolute Gasteiger partial charge is 0.459 e. The van der Waals surface area contributed by atoms with E-state index in [0.29, 0.717) is 11.4 Å². The van der Waals surface area contributed by atoms with Crippen LogP contribution >= 0.6 is 12.4 Å². The SMILES string of the molecule is Cc1cc(NC(=O)C2(N)CC2)ccc1NC(=O)c1ccco1.Cl. The van der Waals surface area contributed by atoms with Crippen LogP contribution in [0.3, 0.4) is 0 Å². The first-order valence-corrected chi connectivity index (χ1v) is 7.04. The Hall–Kier alpha value is -2.31. The molecule has 2 aromatic rings. The number of hydrogen-bond acceptors (Lipinski definition) is 4. The second kappa shape index (κ2) is 6.44. The van der Waals surface area contributed by atoms with Gasteiger partial charge in [-0.25, -0.2) is 0 Å². The van der Waals surface area contributed by atoms with E-state index in [2.05, 4.69) is 10.6 Å². The standard InChI is InChI=1S/C16H17N3O3.ClH/c1-10-9-11(18-15(21)16(17)6-7-16)4-5-12(10)19-14(20)13-3-2-8-22-13;/h2-5,8-9H,6-7,17H2,1H3,(H,18,21)(H,19,20);1H. The maximum absolute atomic E-state index is 11.9. The number of carbonyl (C=O) groups excluding carboxylic acids is 2. The van der Waals surface area contributed by atoms with Gasteiger partial charge in [-0.05, 0) is 55.7 Å². The number of halogens is 1. The predicted molar refractivity (Wildman–Crippen MR) is 89.9 cm³/mol. The Balaban J connectivity index is 0.00000192. The minimum Gasteiger partial charge on any atom is -0.459 e. The zero-order valence-electron chi connectivity index (χ0n) is 12.6. The monoisotopic (exact) mass is 335 g/mol. The number of carbonyl (C=O) groups is 2. The van der Waals surface area contributed by atoms with Gasteiger partial charge in [0.05, 0.1) is 11.8 Å². The average Bonchev–Trinajstić information content (AvgIpc) is 3.03. The molecule has 6 nitrogen and oxygen atoms in total. The third-order valence-electron chi connectivity index (χ3n) is 3.72. The van der Waals surface area contributed by atoms with Gasteiger partial charge in [0, 0.05) is 11.4 Å². The van der Waals surface area contributed by atoms with Crippen molar-refractivity contribution in [3.05, 3.63) is 47.9 Å². The molecule has 0 spiro atoms. The van der Waals surface area contributed by atoms with Gasteiger partial charge in [-0.15, -0.1) is 12.4 Å². The highest BCUT2D eigenvalue weighted by atomic mass is 35.5. The van der Waals surface area contributed by atoms with Crippen molar-refractivity contribution in [2.24, 2.45) is 5.73 Å². The summed E-state index contributed by atoms with van der Waals surface area (Å²) in [5.41, 5.74) is 7.29. The van der Waals surface area contributed by atoms with Crippen LogP contribution in [0.2, 0.25) is 0 Å². The van der Waals surface area contributed by atoms with Gasteiger partial charge in [0.15, 0.2) is 5.76 Å². The van der Waals surface area contributed by atoms with E-state index in [1.54, 1.807) is 30.3 Å². The molecule has 122 valence electrons. The first-order valence-electron chi connectivity index (χ1n) is 7.04. The van der Waals surface area contributed by atoms with Crippen molar-refractivity contribution in [2.45, 2.75) is 25.3 Å². The van der Waals surface area contributed by atoms with E-state index in [0.717, 1.165) is 18.4 Å². The normalized spacial score (nSPS) is 14.5. The Bertz CT molecular complexity index is 724. The van der Waals surface area contributed by atoms with Gasteiger partial charge in [0.2, 0.25) is 5.91 Å². The van der Waals surface area contributed by atoms with Gasteiger partial charge < -0.3 is 20.8 Å². The second-order valence-electron chi connectivity index (χ2n) is 5.57. The van der Waals surface area contributed by atoms with Gasteiger partial charge in [0.1, 0.15) is 0 Å². The topological polar surface area (TPSA) is 97.4 Å². The molecule has 7 heteroatoms. The number of rotatable bonds is 4. The maximum Gasteiger partial charge on any atom is 0.291 e.